The van der Waals surface area contributed by atoms with E-state index in [-0.39, 0.29) is 5.56 Å². The van der Waals surface area contributed by atoms with E-state index in [1.54, 1.807) is 0 Å². The number of oxime groups is 1. The summed E-state index contributed by atoms with van der Waals surface area (Å²) in [5.74, 6) is -1.65. The summed E-state index contributed by atoms with van der Waals surface area (Å²) in [6, 6.07) is 2.45. The maximum Gasteiger partial charge on any atom is 0.573 e. The van der Waals surface area contributed by atoms with Crippen LogP contribution in [-0.2, 0) is 0 Å². The van der Waals surface area contributed by atoms with Crippen molar-refractivity contribution >= 4 is 6.21 Å². The van der Waals surface area contributed by atoms with Crippen molar-refractivity contribution in [1.29, 1.82) is 0 Å². The molecular weight excluding hydrogens is 218 g/mol. The highest BCUT2D eigenvalue weighted by Gasteiger charge is 2.31. The molecule has 0 spiro atoms. The fraction of sp³-hybridized carbons (Fsp3) is 0.125. The Morgan fingerprint density at radius 1 is 1.33 bits per heavy atom. The second-order valence-corrected chi connectivity index (χ2v) is 2.48. The first-order valence-electron chi connectivity index (χ1n) is 3.65. The molecule has 0 aliphatic rings. The Balaban J connectivity index is 2.92. The van der Waals surface area contributed by atoms with Crippen LogP contribution in [0.5, 0.6) is 5.75 Å². The molecule has 0 unspecified atom stereocenters. The summed E-state index contributed by atoms with van der Waals surface area (Å²) in [6.07, 6.45) is -4.11. The van der Waals surface area contributed by atoms with E-state index in [0.29, 0.717) is 6.07 Å². The lowest BCUT2D eigenvalue weighted by atomic mass is 10.2. The van der Waals surface area contributed by atoms with E-state index >= 15 is 0 Å². The van der Waals surface area contributed by atoms with Crippen molar-refractivity contribution in [2.75, 3.05) is 0 Å². The van der Waals surface area contributed by atoms with Gasteiger partial charge in [-0.25, -0.2) is 4.39 Å². The zero-order valence-electron chi connectivity index (χ0n) is 7.12. The molecule has 1 aromatic carbocycles. The lowest BCUT2D eigenvalue weighted by Gasteiger charge is -2.08. The van der Waals surface area contributed by atoms with E-state index in [4.69, 9.17) is 5.21 Å². The van der Waals surface area contributed by atoms with Gasteiger partial charge in [0.05, 0.1) is 6.21 Å². The third kappa shape index (κ3) is 3.45. The Morgan fingerprint density at radius 3 is 2.47 bits per heavy atom. The van der Waals surface area contributed by atoms with Gasteiger partial charge in [0.2, 0.25) is 0 Å². The van der Waals surface area contributed by atoms with E-state index in [1.807, 2.05) is 0 Å². The molecule has 0 saturated carbocycles. The SMILES string of the molecule is O/N=C\c1ccc(OC(F)(F)F)cc1F. The summed E-state index contributed by atoms with van der Waals surface area (Å²) in [5.41, 5.74) is -0.146. The predicted molar refractivity (Wildman–Crippen MR) is 42.5 cm³/mol. The zero-order chi connectivity index (χ0) is 11.5. The topological polar surface area (TPSA) is 41.8 Å². The monoisotopic (exact) mass is 223 g/mol. The van der Waals surface area contributed by atoms with Crippen LogP contribution in [0.3, 0.4) is 0 Å². The Hall–Kier alpha value is -1.79. The van der Waals surface area contributed by atoms with Crippen LogP contribution in [0.4, 0.5) is 17.6 Å². The lowest BCUT2D eigenvalue weighted by molar-refractivity contribution is -0.274. The Morgan fingerprint density at radius 2 is 2.00 bits per heavy atom. The first kappa shape index (κ1) is 11.3. The fourth-order valence-corrected chi connectivity index (χ4v) is 0.872. The quantitative estimate of drug-likeness (QED) is 0.362. The van der Waals surface area contributed by atoms with Crippen molar-refractivity contribution in [2.45, 2.75) is 6.36 Å². The van der Waals surface area contributed by atoms with Gasteiger partial charge >= 0.3 is 6.36 Å². The first-order valence-corrected chi connectivity index (χ1v) is 3.65. The molecule has 0 heterocycles. The zero-order valence-corrected chi connectivity index (χ0v) is 7.12. The molecule has 0 aliphatic carbocycles. The molecule has 7 heteroatoms. The summed E-state index contributed by atoms with van der Waals surface area (Å²) in [4.78, 5) is 0. The van der Waals surface area contributed by atoms with Crippen LogP contribution in [-0.4, -0.2) is 17.8 Å². The molecule has 0 bridgehead atoms. The Labute approximate surface area is 81.6 Å². The van der Waals surface area contributed by atoms with E-state index in [0.717, 1.165) is 18.3 Å². The number of rotatable bonds is 2. The summed E-state index contributed by atoms with van der Waals surface area (Å²) in [7, 11) is 0. The van der Waals surface area contributed by atoms with Gasteiger partial charge in [-0.15, -0.1) is 13.2 Å². The molecule has 82 valence electrons. The smallest absolute Gasteiger partial charge is 0.411 e. The molecule has 0 atom stereocenters. The maximum atomic E-state index is 13.0. The lowest BCUT2D eigenvalue weighted by Crippen LogP contribution is -2.17. The Kier molecular flexibility index (Phi) is 3.13. The number of nitrogens with zero attached hydrogens (tertiary/aromatic N) is 1. The Bertz CT molecular complexity index is 375. The predicted octanol–water partition coefficient (Wildman–Crippen LogP) is 2.53. The van der Waals surface area contributed by atoms with Crippen LogP contribution < -0.4 is 4.74 Å². The van der Waals surface area contributed by atoms with Gasteiger partial charge in [-0.2, -0.15) is 0 Å². The highest BCUT2D eigenvalue weighted by molar-refractivity contribution is 5.79. The maximum absolute atomic E-state index is 13.0. The van der Waals surface area contributed by atoms with E-state index in [2.05, 4.69) is 9.89 Å². The van der Waals surface area contributed by atoms with Crippen LogP contribution in [0.2, 0.25) is 0 Å². The summed E-state index contributed by atoms with van der Waals surface area (Å²) in [6.45, 7) is 0. The van der Waals surface area contributed by atoms with Gasteiger partial charge in [-0.05, 0) is 12.1 Å². The van der Waals surface area contributed by atoms with Gasteiger partial charge in [0, 0.05) is 11.6 Å². The number of ether oxygens (including phenoxy) is 1. The molecule has 1 N–H and O–H groups in total. The van der Waals surface area contributed by atoms with Crippen molar-refractivity contribution < 1.29 is 27.5 Å². The van der Waals surface area contributed by atoms with Crippen molar-refractivity contribution in [2.24, 2.45) is 5.16 Å². The number of hydrogen-bond donors (Lipinski definition) is 1. The van der Waals surface area contributed by atoms with Gasteiger partial charge in [-0.1, -0.05) is 5.16 Å². The number of halogens is 4. The van der Waals surface area contributed by atoms with Crippen LogP contribution in [0.15, 0.2) is 23.4 Å². The molecule has 0 fully saturated rings. The van der Waals surface area contributed by atoms with Crippen molar-refractivity contribution in [3.8, 4) is 5.75 Å². The molecule has 15 heavy (non-hydrogen) atoms. The number of hydrogen-bond acceptors (Lipinski definition) is 3. The second kappa shape index (κ2) is 4.16. The standard InChI is InChI=1S/C8H5F4NO2/c9-7-3-6(15-8(10,11)12)2-1-5(7)4-13-14/h1-4,14H/b13-4-. The van der Waals surface area contributed by atoms with Gasteiger partial charge < -0.3 is 9.94 Å². The van der Waals surface area contributed by atoms with Crippen LogP contribution in [0.1, 0.15) is 5.56 Å². The summed E-state index contributed by atoms with van der Waals surface area (Å²) < 4.78 is 51.6. The molecule has 3 nitrogen and oxygen atoms in total. The van der Waals surface area contributed by atoms with Crippen LogP contribution in [0.25, 0.3) is 0 Å². The average molecular weight is 223 g/mol. The minimum absolute atomic E-state index is 0.146. The van der Waals surface area contributed by atoms with Crippen LogP contribution >= 0.6 is 0 Å². The van der Waals surface area contributed by atoms with Gasteiger partial charge in [0.25, 0.3) is 0 Å². The highest BCUT2D eigenvalue weighted by Crippen LogP contribution is 2.23. The first-order chi connectivity index (χ1) is 6.92. The molecule has 0 aliphatic heterocycles. The molecule has 0 saturated heterocycles. The largest absolute Gasteiger partial charge is 0.573 e. The second-order valence-electron chi connectivity index (χ2n) is 2.48. The van der Waals surface area contributed by atoms with Crippen molar-refractivity contribution in [1.82, 2.24) is 0 Å². The molecule has 0 radical (unpaired) electrons. The number of benzene rings is 1. The van der Waals surface area contributed by atoms with Crippen molar-refractivity contribution in [3.05, 3.63) is 29.6 Å². The molecule has 1 aromatic rings. The molecule has 0 aromatic heterocycles. The normalized spacial score (nSPS) is 12.0. The average Bonchev–Trinajstić information content (AvgIpc) is 2.07. The van der Waals surface area contributed by atoms with E-state index < -0.39 is 17.9 Å². The van der Waals surface area contributed by atoms with E-state index in [9.17, 15) is 17.6 Å². The third-order valence-electron chi connectivity index (χ3n) is 1.40. The van der Waals surface area contributed by atoms with Gasteiger partial charge in [0.1, 0.15) is 11.6 Å². The number of alkyl halides is 3. The van der Waals surface area contributed by atoms with Crippen molar-refractivity contribution in [3.63, 3.8) is 0 Å². The minimum atomic E-state index is -4.86. The summed E-state index contributed by atoms with van der Waals surface area (Å²) >= 11 is 0. The molecule has 1 rings (SSSR count). The third-order valence-corrected chi connectivity index (χ3v) is 1.40. The highest BCUT2D eigenvalue weighted by atomic mass is 19.4. The van der Waals surface area contributed by atoms with Crippen LogP contribution in [0, 0.1) is 5.82 Å². The minimum Gasteiger partial charge on any atom is -0.411 e. The molecular formula is C8H5F4NO2. The fourth-order valence-electron chi connectivity index (χ4n) is 0.872. The summed E-state index contributed by atoms with van der Waals surface area (Å²) in [5, 5.41) is 10.6. The van der Waals surface area contributed by atoms with Gasteiger partial charge in [-0.3, -0.25) is 0 Å². The molecule has 0 amide bonds. The van der Waals surface area contributed by atoms with E-state index in [1.165, 1.54) is 0 Å². The van der Waals surface area contributed by atoms with Gasteiger partial charge in [0.15, 0.2) is 0 Å².